The van der Waals surface area contributed by atoms with E-state index in [4.69, 9.17) is 9.47 Å². The quantitative estimate of drug-likeness (QED) is 0.138. The molecular weight excluding hydrogens is 449 g/mol. The summed E-state index contributed by atoms with van der Waals surface area (Å²) in [5.41, 5.74) is 0.586. The number of esters is 2. The van der Waals surface area contributed by atoms with Crippen LogP contribution in [0.25, 0.3) is 0 Å². The van der Waals surface area contributed by atoms with Crippen LogP contribution in [0.2, 0.25) is 0 Å². The number of rotatable bonds is 16. The van der Waals surface area contributed by atoms with Gasteiger partial charge in [-0.15, -0.1) is 0 Å². The number of ether oxygens (including phenoxy) is 2. The third-order valence-corrected chi connectivity index (χ3v) is 5.50. The molecule has 0 aromatic heterocycles. The van der Waals surface area contributed by atoms with Crippen molar-refractivity contribution in [1.29, 1.82) is 0 Å². The van der Waals surface area contributed by atoms with Gasteiger partial charge in [0.2, 0.25) is 0 Å². The molecule has 0 amide bonds. The van der Waals surface area contributed by atoms with Gasteiger partial charge in [0.05, 0.1) is 24.3 Å². The zero-order chi connectivity index (χ0) is 24.7. The van der Waals surface area contributed by atoms with E-state index in [-0.39, 0.29) is 23.1 Å². The summed E-state index contributed by atoms with van der Waals surface area (Å²) in [4.78, 5) is 24.7. The Balaban J connectivity index is 0.00000143. The average Bonchev–Trinajstić information content (AvgIpc) is 2.88. The predicted octanol–water partition coefficient (Wildman–Crippen LogP) is 7.49. The molecule has 0 spiro atoms. The lowest BCUT2D eigenvalue weighted by atomic mass is 10.1. The minimum absolute atomic E-state index is 0. The van der Waals surface area contributed by atoms with Crippen molar-refractivity contribution in [1.82, 2.24) is 0 Å². The highest BCUT2D eigenvalue weighted by molar-refractivity contribution is 6.03. The molecule has 2 aromatic carbocycles. The molecule has 0 aliphatic rings. The van der Waals surface area contributed by atoms with Crippen LogP contribution in [-0.2, 0) is 9.47 Å². The van der Waals surface area contributed by atoms with Gasteiger partial charge in [-0.1, -0.05) is 127 Å². The van der Waals surface area contributed by atoms with E-state index in [9.17, 15) is 9.59 Å². The Morgan fingerprint density at radius 3 is 1.17 bits per heavy atom. The minimum atomic E-state index is -0.444. The van der Waals surface area contributed by atoms with Crippen molar-refractivity contribution in [3.8, 4) is 0 Å². The molecule has 0 unspecified atom stereocenters. The molecule has 0 saturated carbocycles. The fourth-order valence-corrected chi connectivity index (χ4v) is 3.47. The third kappa shape index (κ3) is 17.3. The van der Waals surface area contributed by atoms with Gasteiger partial charge in [0, 0.05) is 0 Å². The maximum Gasteiger partial charge on any atom is 0.339 e. The number of carbonyl (C=O) groups is 2. The first-order valence-electron chi connectivity index (χ1n) is 13.1. The highest BCUT2D eigenvalue weighted by atomic mass is 24.3. The first-order chi connectivity index (χ1) is 16.7. The Morgan fingerprint density at radius 1 is 0.514 bits per heavy atom. The van der Waals surface area contributed by atoms with Crippen LogP contribution in [0.15, 0.2) is 60.7 Å². The van der Waals surface area contributed by atoms with E-state index in [1.807, 2.05) is 36.4 Å². The van der Waals surface area contributed by atoms with Crippen molar-refractivity contribution in [2.45, 2.75) is 90.9 Å². The van der Waals surface area contributed by atoms with Crippen molar-refractivity contribution in [2.24, 2.45) is 0 Å². The van der Waals surface area contributed by atoms with Gasteiger partial charge in [0.1, 0.15) is 0 Å². The summed E-state index contributed by atoms with van der Waals surface area (Å²) in [5, 5.41) is 0. The molecule has 35 heavy (non-hydrogen) atoms. The lowest BCUT2D eigenvalue weighted by Crippen LogP contribution is -2.15. The van der Waals surface area contributed by atoms with Gasteiger partial charge in [0.15, 0.2) is 0 Å². The second-order valence-electron chi connectivity index (χ2n) is 8.51. The molecule has 2 aromatic rings. The van der Waals surface area contributed by atoms with Gasteiger partial charge in [-0.2, -0.15) is 0 Å². The van der Waals surface area contributed by atoms with E-state index in [2.05, 4.69) is 13.8 Å². The Kier molecular flexibility index (Phi) is 22.6. The van der Waals surface area contributed by atoms with Crippen molar-refractivity contribution in [2.75, 3.05) is 13.2 Å². The molecule has 4 nitrogen and oxygen atoms in total. The maximum absolute atomic E-state index is 12.4. The van der Waals surface area contributed by atoms with Gasteiger partial charge < -0.3 is 9.47 Å². The number of hydrogen-bond donors (Lipinski definition) is 0. The van der Waals surface area contributed by atoms with E-state index in [0.29, 0.717) is 24.3 Å². The zero-order valence-electron chi connectivity index (χ0n) is 21.3. The summed E-state index contributed by atoms with van der Waals surface area (Å²) in [6.45, 7) is 5.17. The van der Waals surface area contributed by atoms with E-state index < -0.39 is 11.9 Å². The van der Waals surface area contributed by atoms with Gasteiger partial charge in [-0.05, 0) is 25.0 Å². The van der Waals surface area contributed by atoms with Crippen LogP contribution in [0.5, 0.6) is 0 Å². The topological polar surface area (TPSA) is 52.6 Å². The van der Waals surface area contributed by atoms with Crippen LogP contribution in [0.3, 0.4) is 0 Å². The zero-order valence-corrected chi connectivity index (χ0v) is 21.3. The minimum Gasteiger partial charge on any atom is -0.462 e. The highest BCUT2D eigenvalue weighted by Crippen LogP contribution is 2.14. The van der Waals surface area contributed by atoms with E-state index in [1.165, 1.54) is 51.4 Å². The summed E-state index contributed by atoms with van der Waals surface area (Å²) in [6.07, 6.45) is 13.6. The number of hydrogen-bond acceptors (Lipinski definition) is 4. The molecule has 2 rings (SSSR count). The first kappa shape index (κ1) is 33.1. The summed E-state index contributed by atoms with van der Waals surface area (Å²) < 4.78 is 10.7. The van der Waals surface area contributed by atoms with Crippen molar-refractivity contribution < 1.29 is 19.1 Å². The lowest BCUT2D eigenvalue weighted by molar-refractivity contribution is 0.0450. The summed E-state index contributed by atoms with van der Waals surface area (Å²) >= 11 is 0. The van der Waals surface area contributed by atoms with Crippen molar-refractivity contribution in [3.63, 3.8) is 0 Å². The van der Waals surface area contributed by atoms with Crippen molar-refractivity contribution in [3.05, 3.63) is 71.8 Å². The van der Waals surface area contributed by atoms with Gasteiger partial charge in [0.25, 0.3) is 0 Å². The average molecular weight is 495 g/mol. The number of carbonyl (C=O) groups excluding carboxylic acids is 2. The van der Waals surface area contributed by atoms with Crippen LogP contribution < -0.4 is 0 Å². The Bertz CT molecular complexity index is 688. The van der Waals surface area contributed by atoms with Gasteiger partial charge in [-0.25, -0.2) is 9.59 Å². The highest BCUT2D eigenvalue weighted by Gasteiger charge is 2.18. The molecule has 0 N–H and O–H groups in total. The normalized spacial score (nSPS) is 9.89. The largest absolute Gasteiger partial charge is 0.462 e. The smallest absolute Gasteiger partial charge is 0.339 e. The van der Waals surface area contributed by atoms with Crippen LogP contribution in [0.4, 0.5) is 0 Å². The molecule has 0 bridgehead atoms. The summed E-state index contributed by atoms with van der Waals surface area (Å²) in [5.74, 6) is -0.888. The molecular formula is C30H46MgO4. The molecule has 0 heterocycles. The molecule has 5 heteroatoms. The molecule has 0 atom stereocenters. The predicted molar refractivity (Wildman–Crippen MR) is 149 cm³/mol. The van der Waals surface area contributed by atoms with Crippen LogP contribution in [0.1, 0.15) is 112 Å². The molecule has 0 aliphatic carbocycles. The third-order valence-electron chi connectivity index (χ3n) is 5.50. The molecule has 0 saturated heterocycles. The fourth-order valence-electron chi connectivity index (χ4n) is 3.47. The second-order valence-corrected chi connectivity index (χ2v) is 8.51. The Labute approximate surface area is 229 Å². The monoisotopic (exact) mass is 494 g/mol. The molecule has 0 aliphatic heterocycles. The number of unbranched alkanes of at least 4 members (excludes halogenated alkanes) is 10. The number of benzene rings is 2. The molecule has 0 fully saturated rings. The summed E-state index contributed by atoms with van der Waals surface area (Å²) in [7, 11) is 0. The van der Waals surface area contributed by atoms with Gasteiger partial charge in [-0.3, -0.25) is 0 Å². The lowest BCUT2D eigenvalue weighted by Gasteiger charge is -2.10. The van der Waals surface area contributed by atoms with E-state index in [1.54, 1.807) is 24.3 Å². The fraction of sp³-hybridized carbons (Fsp3) is 0.533. The second kappa shape index (κ2) is 23.9. The van der Waals surface area contributed by atoms with Crippen LogP contribution >= 0.6 is 0 Å². The maximum atomic E-state index is 12.4. The Hall–Kier alpha value is -1.85. The summed E-state index contributed by atoms with van der Waals surface area (Å²) in [6, 6.07) is 18.7. The SMILES string of the molecule is CCCCCCCCOC(=O)c1ccccc1C(=O)OCCCCCCCC.[MgH2].c1ccccc1. The first-order valence-corrected chi connectivity index (χ1v) is 13.1. The molecule has 0 radical (unpaired) electrons. The van der Waals surface area contributed by atoms with Crippen molar-refractivity contribution >= 4 is 35.0 Å². The molecule has 192 valence electrons. The van der Waals surface area contributed by atoms with Crippen LogP contribution in [0, 0.1) is 0 Å². The Morgan fingerprint density at radius 2 is 0.829 bits per heavy atom. The standard InChI is InChI=1S/C24H38O4.C6H6.Mg.2H/c1-3-5-7-9-11-15-19-27-23(25)21-17-13-14-18-22(21)24(26)28-20-16-12-10-8-6-4-2;1-2-4-6-5-3-1;;;/h13-14,17-18H,3-12,15-16,19-20H2,1-2H3;1-6H;;;. The van der Waals surface area contributed by atoms with E-state index in [0.717, 1.165) is 25.7 Å². The van der Waals surface area contributed by atoms with Crippen LogP contribution in [-0.4, -0.2) is 48.2 Å². The van der Waals surface area contributed by atoms with Gasteiger partial charge >= 0.3 is 35.0 Å². The van der Waals surface area contributed by atoms with E-state index >= 15 is 0 Å².